The van der Waals surface area contributed by atoms with Crippen molar-refractivity contribution in [3.63, 3.8) is 0 Å². The first kappa shape index (κ1) is 101. The number of phosphoric acid groups is 2. The summed E-state index contributed by atoms with van der Waals surface area (Å²) in [5.74, 6) is -1.30. The van der Waals surface area contributed by atoms with E-state index in [1.807, 2.05) is 0 Å². The zero-order valence-corrected chi connectivity index (χ0v) is 69.3. The fourth-order valence-electron chi connectivity index (χ4n) is 13.1. The molecule has 2 unspecified atom stereocenters. The van der Waals surface area contributed by atoms with Crippen molar-refractivity contribution in [2.24, 2.45) is 5.92 Å². The van der Waals surface area contributed by atoms with Gasteiger partial charge in [-0.1, -0.05) is 401 Å². The maximum atomic E-state index is 13.1. The molecule has 0 saturated heterocycles. The van der Waals surface area contributed by atoms with Crippen LogP contribution in [0.5, 0.6) is 0 Å². The molecule has 612 valence electrons. The SMILES string of the molecule is CCCCCCCCCCCCCCCCCCCC(=O)OC[C@H](COP(=O)(O)OC[C@@H](O)COP(=O)(O)OC[C@@H](COC(=O)CCCCCCCCCCCCC)OC(=O)CCCCCCCCCCCCCCCCCCC)OC(=O)CCCCCCCCCCCCCCCCCC(C)C. The molecular weight excluding hydrogens is 1340 g/mol. The third kappa shape index (κ3) is 78.0. The van der Waals surface area contributed by atoms with Gasteiger partial charge in [0.25, 0.3) is 0 Å². The number of phosphoric ester groups is 2. The van der Waals surface area contributed by atoms with Crippen LogP contribution in [0.1, 0.15) is 452 Å². The van der Waals surface area contributed by atoms with Gasteiger partial charge in [-0.3, -0.25) is 37.3 Å². The zero-order valence-electron chi connectivity index (χ0n) is 67.5. The van der Waals surface area contributed by atoms with E-state index in [1.165, 1.54) is 276 Å². The molecule has 0 aromatic carbocycles. The highest BCUT2D eigenvalue weighted by atomic mass is 31.2. The topological polar surface area (TPSA) is 237 Å². The van der Waals surface area contributed by atoms with E-state index in [-0.39, 0.29) is 25.7 Å². The maximum Gasteiger partial charge on any atom is 0.472 e. The van der Waals surface area contributed by atoms with Crippen molar-refractivity contribution < 1.29 is 80.2 Å². The Hall–Kier alpha value is -1.94. The van der Waals surface area contributed by atoms with Gasteiger partial charge in [0.05, 0.1) is 26.4 Å². The molecule has 19 heteroatoms. The minimum Gasteiger partial charge on any atom is -0.462 e. The van der Waals surface area contributed by atoms with E-state index >= 15 is 0 Å². The second-order valence-electron chi connectivity index (χ2n) is 30.7. The molecule has 0 rings (SSSR count). The first-order valence-electron chi connectivity index (χ1n) is 43.6. The van der Waals surface area contributed by atoms with Gasteiger partial charge in [-0.25, -0.2) is 9.13 Å². The van der Waals surface area contributed by atoms with Crippen LogP contribution in [-0.2, 0) is 65.4 Å². The Morgan fingerprint density at radius 3 is 0.660 bits per heavy atom. The van der Waals surface area contributed by atoms with Crippen molar-refractivity contribution >= 4 is 39.5 Å². The molecule has 0 bridgehead atoms. The number of carbonyl (C=O) groups excluding carboxylic acids is 4. The summed E-state index contributed by atoms with van der Waals surface area (Å²) in [6.07, 6.45) is 69.3. The van der Waals surface area contributed by atoms with Gasteiger partial charge in [0.15, 0.2) is 12.2 Å². The van der Waals surface area contributed by atoms with E-state index in [1.54, 1.807) is 0 Å². The van der Waals surface area contributed by atoms with E-state index in [2.05, 4.69) is 34.6 Å². The Bertz CT molecular complexity index is 1960. The van der Waals surface area contributed by atoms with E-state index in [0.29, 0.717) is 25.7 Å². The fraction of sp³-hybridized carbons (Fsp3) is 0.952. The lowest BCUT2D eigenvalue weighted by Crippen LogP contribution is -2.30. The van der Waals surface area contributed by atoms with Crippen molar-refractivity contribution in [2.75, 3.05) is 39.6 Å². The molecule has 17 nitrogen and oxygen atoms in total. The van der Waals surface area contributed by atoms with Gasteiger partial charge in [0.2, 0.25) is 0 Å². The maximum absolute atomic E-state index is 13.1. The smallest absolute Gasteiger partial charge is 0.462 e. The van der Waals surface area contributed by atoms with Gasteiger partial charge in [-0.05, 0) is 31.6 Å². The molecule has 0 aromatic heterocycles. The van der Waals surface area contributed by atoms with Crippen molar-refractivity contribution in [3.05, 3.63) is 0 Å². The molecule has 0 aromatic rings. The number of ether oxygens (including phenoxy) is 4. The average Bonchev–Trinajstić information content (AvgIpc) is 0.935. The summed E-state index contributed by atoms with van der Waals surface area (Å²) in [5.41, 5.74) is 0. The molecular formula is C84H164O17P2. The second kappa shape index (κ2) is 76.8. The van der Waals surface area contributed by atoms with Crippen molar-refractivity contribution in [2.45, 2.75) is 470 Å². The third-order valence-electron chi connectivity index (χ3n) is 19.8. The monoisotopic (exact) mass is 1510 g/mol. The molecule has 0 spiro atoms. The van der Waals surface area contributed by atoms with E-state index in [4.69, 9.17) is 37.0 Å². The number of carbonyl (C=O) groups is 4. The highest BCUT2D eigenvalue weighted by Crippen LogP contribution is 2.45. The molecule has 0 amide bonds. The highest BCUT2D eigenvalue weighted by Gasteiger charge is 2.30. The van der Waals surface area contributed by atoms with Gasteiger partial charge in [0, 0.05) is 25.7 Å². The summed E-state index contributed by atoms with van der Waals surface area (Å²) >= 11 is 0. The first-order valence-corrected chi connectivity index (χ1v) is 46.6. The number of hydrogen-bond acceptors (Lipinski definition) is 15. The molecule has 103 heavy (non-hydrogen) atoms. The van der Waals surface area contributed by atoms with Gasteiger partial charge in [0.1, 0.15) is 19.3 Å². The molecule has 0 saturated carbocycles. The molecule has 5 atom stereocenters. The molecule has 0 aliphatic carbocycles. The largest absolute Gasteiger partial charge is 0.472 e. The predicted octanol–water partition coefficient (Wildman–Crippen LogP) is 25.6. The summed E-state index contributed by atoms with van der Waals surface area (Å²) < 4.78 is 68.9. The first-order chi connectivity index (χ1) is 50.0. The summed E-state index contributed by atoms with van der Waals surface area (Å²) in [7, 11) is -9.92. The van der Waals surface area contributed by atoms with E-state index < -0.39 is 97.5 Å². The average molecular weight is 1510 g/mol. The quantitative estimate of drug-likeness (QED) is 0.0222. The lowest BCUT2D eigenvalue weighted by atomic mass is 10.0. The number of esters is 4. The Kier molecular flexibility index (Phi) is 75.4. The molecule has 3 N–H and O–H groups in total. The van der Waals surface area contributed by atoms with E-state index in [9.17, 15) is 43.2 Å². The summed E-state index contributed by atoms with van der Waals surface area (Å²) in [5, 5.41) is 10.7. The highest BCUT2D eigenvalue weighted by molar-refractivity contribution is 7.47. The number of aliphatic hydroxyl groups is 1. The summed E-state index contributed by atoms with van der Waals surface area (Å²) in [6.45, 7) is 7.38. The second-order valence-corrected chi connectivity index (χ2v) is 33.6. The predicted molar refractivity (Wildman–Crippen MR) is 423 cm³/mol. The van der Waals surface area contributed by atoms with Crippen LogP contribution >= 0.6 is 15.6 Å². The minimum absolute atomic E-state index is 0.109. The van der Waals surface area contributed by atoms with Crippen LogP contribution < -0.4 is 0 Å². The Labute approximate surface area is 632 Å². The van der Waals surface area contributed by atoms with Crippen molar-refractivity contribution in [1.29, 1.82) is 0 Å². The molecule has 0 heterocycles. The van der Waals surface area contributed by atoms with Crippen LogP contribution in [-0.4, -0.2) is 96.7 Å². The molecule has 0 aliphatic rings. The lowest BCUT2D eigenvalue weighted by molar-refractivity contribution is -0.161. The summed E-state index contributed by atoms with van der Waals surface area (Å²) in [4.78, 5) is 73.2. The van der Waals surface area contributed by atoms with E-state index in [0.717, 1.165) is 95.8 Å². The minimum atomic E-state index is -4.96. The lowest BCUT2D eigenvalue weighted by Gasteiger charge is -2.21. The summed E-state index contributed by atoms with van der Waals surface area (Å²) in [6, 6.07) is 0. The van der Waals surface area contributed by atoms with Gasteiger partial charge >= 0.3 is 39.5 Å². The number of unbranched alkanes of at least 4 members (excludes halogenated alkanes) is 56. The normalized spacial score (nSPS) is 13.8. The van der Waals surface area contributed by atoms with Crippen LogP contribution in [0, 0.1) is 5.92 Å². The standard InChI is InChI=1S/C84H164O17P2/c1-6-9-12-15-18-21-24-26-28-30-34-38-43-48-53-58-63-68-82(87)95-74-80(101-84(89)70-65-60-55-50-45-40-36-32-33-37-42-46-51-56-61-66-77(4)5)76-99-103(92,93)97-72-78(85)71-96-102(90,91)98-75-79(73-94-81(86)67-62-57-52-47-41-23-20-17-14-11-8-3)100-83(88)69-64-59-54-49-44-39-35-31-29-27-25-22-19-16-13-10-7-2/h77-80,85H,6-76H2,1-5H3,(H,90,91)(H,92,93)/t78-,79+,80+/m0/s1. The number of hydrogen-bond donors (Lipinski definition) is 3. The Balaban J connectivity index is 5.25. The van der Waals surface area contributed by atoms with Crippen LogP contribution in [0.3, 0.4) is 0 Å². The Morgan fingerprint density at radius 2 is 0.447 bits per heavy atom. The zero-order chi connectivity index (χ0) is 75.5. The van der Waals surface area contributed by atoms with Crippen molar-refractivity contribution in [1.82, 2.24) is 0 Å². The number of aliphatic hydroxyl groups excluding tert-OH is 1. The number of rotatable bonds is 84. The third-order valence-corrected chi connectivity index (χ3v) is 21.7. The molecule has 0 fully saturated rings. The van der Waals surface area contributed by atoms with Crippen molar-refractivity contribution in [3.8, 4) is 0 Å². The molecule has 0 aliphatic heterocycles. The van der Waals surface area contributed by atoms with Crippen LogP contribution in [0.2, 0.25) is 0 Å². The molecule has 0 radical (unpaired) electrons. The fourth-order valence-corrected chi connectivity index (χ4v) is 14.7. The van der Waals surface area contributed by atoms with Gasteiger partial charge < -0.3 is 33.8 Å². The van der Waals surface area contributed by atoms with Gasteiger partial charge in [-0.15, -0.1) is 0 Å². The van der Waals surface area contributed by atoms with Crippen LogP contribution in [0.15, 0.2) is 0 Å². The van der Waals surface area contributed by atoms with Gasteiger partial charge in [-0.2, -0.15) is 0 Å². The van der Waals surface area contributed by atoms with Crippen LogP contribution in [0.4, 0.5) is 0 Å². The van der Waals surface area contributed by atoms with Crippen LogP contribution in [0.25, 0.3) is 0 Å². The Morgan fingerprint density at radius 1 is 0.262 bits per heavy atom.